The zero-order valence-corrected chi connectivity index (χ0v) is 20.4. The van der Waals surface area contributed by atoms with E-state index in [-0.39, 0.29) is 5.82 Å². The molecule has 0 unspecified atom stereocenters. The van der Waals surface area contributed by atoms with E-state index < -0.39 is 0 Å². The Kier molecular flexibility index (Phi) is 6.59. The third-order valence-electron chi connectivity index (χ3n) is 6.72. The van der Waals surface area contributed by atoms with Gasteiger partial charge in [0.2, 0.25) is 5.95 Å². The smallest absolute Gasteiger partial charge is 0.225 e. The van der Waals surface area contributed by atoms with E-state index >= 15 is 0 Å². The van der Waals surface area contributed by atoms with Crippen LogP contribution in [0.4, 0.5) is 10.3 Å². The maximum atomic E-state index is 13.5. The Morgan fingerprint density at radius 2 is 1.77 bits per heavy atom. The fourth-order valence-corrected chi connectivity index (χ4v) is 4.64. The summed E-state index contributed by atoms with van der Waals surface area (Å²) >= 11 is 0. The van der Waals surface area contributed by atoms with Crippen molar-refractivity contribution in [2.24, 2.45) is 0 Å². The summed E-state index contributed by atoms with van der Waals surface area (Å²) in [5.41, 5.74) is 4.61. The predicted molar refractivity (Wildman–Crippen MR) is 133 cm³/mol. The van der Waals surface area contributed by atoms with Crippen molar-refractivity contribution in [3.63, 3.8) is 0 Å². The summed E-state index contributed by atoms with van der Waals surface area (Å²) in [4.78, 5) is 14.0. The number of aromatic nitrogens is 5. The number of hydrogen-bond donors (Lipinski definition) is 0. The molecule has 0 bridgehead atoms. The molecule has 3 aromatic heterocycles. The summed E-state index contributed by atoms with van der Waals surface area (Å²) in [6, 6.07) is 9.32. The first-order chi connectivity index (χ1) is 17.0. The van der Waals surface area contributed by atoms with Gasteiger partial charge < -0.3 is 9.64 Å². The van der Waals surface area contributed by atoms with Crippen LogP contribution in [0.15, 0.2) is 49.1 Å². The molecule has 1 aliphatic rings. The lowest BCUT2D eigenvalue weighted by atomic mass is 10.0. The van der Waals surface area contributed by atoms with Gasteiger partial charge in [0.05, 0.1) is 7.11 Å². The minimum atomic E-state index is -0.304. The molecule has 0 radical (unpaired) electrons. The first-order valence-corrected chi connectivity index (χ1v) is 12.0. The molecule has 1 saturated heterocycles. The maximum absolute atomic E-state index is 13.5. The van der Waals surface area contributed by atoms with E-state index in [4.69, 9.17) is 4.74 Å². The second-order valence-electron chi connectivity index (χ2n) is 9.11. The third-order valence-corrected chi connectivity index (χ3v) is 6.72. The van der Waals surface area contributed by atoms with E-state index in [1.54, 1.807) is 19.5 Å². The SMILES string of the molecule is COc1cc(F)ccc1CCc1ccc(-c2cnc(N3CCN(C(C)C)CC3)nc2)c2nncn12. The Balaban J connectivity index is 1.33. The molecule has 4 aromatic rings. The lowest BCUT2D eigenvalue weighted by Gasteiger charge is -2.36. The molecule has 8 nitrogen and oxygen atoms in total. The van der Waals surface area contributed by atoms with Crippen LogP contribution in [0.5, 0.6) is 5.75 Å². The van der Waals surface area contributed by atoms with E-state index in [2.05, 4.69) is 49.9 Å². The van der Waals surface area contributed by atoms with Gasteiger partial charge in [0.15, 0.2) is 5.65 Å². The second-order valence-corrected chi connectivity index (χ2v) is 9.11. The van der Waals surface area contributed by atoms with Crippen LogP contribution < -0.4 is 9.64 Å². The van der Waals surface area contributed by atoms with Crippen molar-refractivity contribution in [2.75, 3.05) is 38.2 Å². The van der Waals surface area contributed by atoms with Crippen LogP contribution in [0.2, 0.25) is 0 Å². The number of hydrogen-bond acceptors (Lipinski definition) is 7. The number of nitrogens with zero attached hydrogens (tertiary/aromatic N) is 7. The van der Waals surface area contributed by atoms with Gasteiger partial charge in [-0.05, 0) is 50.5 Å². The summed E-state index contributed by atoms with van der Waals surface area (Å²) in [6.07, 6.45) is 6.89. The van der Waals surface area contributed by atoms with Crippen LogP contribution in [0.25, 0.3) is 16.8 Å². The number of rotatable bonds is 7. The third kappa shape index (κ3) is 4.81. The van der Waals surface area contributed by atoms with E-state index in [1.807, 2.05) is 22.9 Å². The zero-order chi connectivity index (χ0) is 24.4. The highest BCUT2D eigenvalue weighted by atomic mass is 19.1. The minimum absolute atomic E-state index is 0.304. The number of halogens is 1. The summed E-state index contributed by atoms with van der Waals surface area (Å²) < 4.78 is 20.9. The van der Waals surface area contributed by atoms with Crippen molar-refractivity contribution in [1.82, 2.24) is 29.5 Å². The Morgan fingerprint density at radius 1 is 1.00 bits per heavy atom. The van der Waals surface area contributed by atoms with Crippen LogP contribution in [0.3, 0.4) is 0 Å². The average molecular weight is 476 g/mol. The monoisotopic (exact) mass is 475 g/mol. The lowest BCUT2D eigenvalue weighted by Crippen LogP contribution is -2.49. The summed E-state index contributed by atoms with van der Waals surface area (Å²) in [5, 5.41) is 8.51. The first kappa shape index (κ1) is 23.2. The number of aryl methyl sites for hydroxylation is 2. The number of benzene rings is 1. The van der Waals surface area contributed by atoms with Crippen LogP contribution >= 0.6 is 0 Å². The van der Waals surface area contributed by atoms with Gasteiger partial charge in [0.1, 0.15) is 17.9 Å². The predicted octanol–water partition coefficient (Wildman–Crippen LogP) is 3.65. The maximum Gasteiger partial charge on any atom is 0.225 e. The molecule has 1 aliphatic heterocycles. The fraction of sp³-hybridized carbons (Fsp3) is 0.385. The van der Waals surface area contributed by atoms with Gasteiger partial charge in [-0.3, -0.25) is 9.30 Å². The second kappa shape index (κ2) is 9.95. The first-order valence-electron chi connectivity index (χ1n) is 12.0. The number of methoxy groups -OCH3 is 1. The van der Waals surface area contributed by atoms with E-state index in [0.717, 1.165) is 66.6 Å². The van der Waals surface area contributed by atoms with E-state index in [0.29, 0.717) is 18.2 Å². The number of fused-ring (bicyclic) bond motifs is 1. The number of anilines is 1. The summed E-state index contributed by atoms with van der Waals surface area (Å²) in [5.74, 6) is 1.02. The van der Waals surface area contributed by atoms with E-state index in [1.165, 1.54) is 12.1 Å². The van der Waals surface area contributed by atoms with Gasteiger partial charge in [0, 0.05) is 67.5 Å². The molecular formula is C26H30FN7O. The molecule has 0 spiro atoms. The highest BCUT2D eigenvalue weighted by Crippen LogP contribution is 2.26. The molecule has 9 heteroatoms. The van der Waals surface area contributed by atoms with Crippen molar-refractivity contribution in [3.05, 3.63) is 66.1 Å². The van der Waals surface area contributed by atoms with Crippen LogP contribution in [-0.2, 0) is 12.8 Å². The van der Waals surface area contributed by atoms with Crippen LogP contribution in [0, 0.1) is 5.82 Å². The van der Waals surface area contributed by atoms with E-state index in [9.17, 15) is 4.39 Å². The number of piperazine rings is 1. The topological polar surface area (TPSA) is 71.7 Å². The largest absolute Gasteiger partial charge is 0.496 e. The van der Waals surface area contributed by atoms with Gasteiger partial charge in [-0.2, -0.15) is 0 Å². The Labute approximate surface area is 204 Å². The van der Waals surface area contributed by atoms with Gasteiger partial charge in [-0.15, -0.1) is 10.2 Å². The van der Waals surface area contributed by atoms with Crippen molar-refractivity contribution in [2.45, 2.75) is 32.7 Å². The molecule has 1 fully saturated rings. The Bertz CT molecular complexity index is 1300. The molecule has 0 aliphatic carbocycles. The van der Waals surface area contributed by atoms with Crippen molar-refractivity contribution in [3.8, 4) is 16.9 Å². The fourth-order valence-electron chi connectivity index (χ4n) is 4.64. The highest BCUT2D eigenvalue weighted by molar-refractivity contribution is 5.76. The minimum Gasteiger partial charge on any atom is -0.496 e. The van der Waals surface area contributed by atoms with Crippen molar-refractivity contribution in [1.29, 1.82) is 0 Å². The number of ether oxygens (including phenoxy) is 1. The van der Waals surface area contributed by atoms with Crippen LogP contribution in [-0.4, -0.2) is 68.8 Å². The molecule has 5 rings (SSSR count). The lowest BCUT2D eigenvalue weighted by molar-refractivity contribution is 0.208. The number of pyridine rings is 1. The Hall–Kier alpha value is -3.59. The summed E-state index contributed by atoms with van der Waals surface area (Å²) in [7, 11) is 1.56. The molecule has 35 heavy (non-hydrogen) atoms. The molecule has 0 amide bonds. The molecule has 182 valence electrons. The van der Waals surface area contributed by atoms with Gasteiger partial charge >= 0.3 is 0 Å². The van der Waals surface area contributed by atoms with Gasteiger partial charge in [0.25, 0.3) is 0 Å². The summed E-state index contributed by atoms with van der Waals surface area (Å²) in [6.45, 7) is 8.37. The molecule has 0 saturated carbocycles. The molecule has 4 heterocycles. The Morgan fingerprint density at radius 3 is 2.49 bits per heavy atom. The van der Waals surface area contributed by atoms with Crippen molar-refractivity contribution < 1.29 is 9.13 Å². The standard InChI is InChI=1S/C26H30FN7O/c1-18(2)32-10-12-33(13-11-32)26-28-15-20(16-29-26)23-9-8-22(34-17-30-31-25(23)34)7-5-19-4-6-21(27)14-24(19)35-3/h4,6,8-9,14-18H,5,7,10-13H2,1-3H3. The quantitative estimate of drug-likeness (QED) is 0.404. The highest BCUT2D eigenvalue weighted by Gasteiger charge is 2.21. The normalized spacial score (nSPS) is 14.7. The van der Waals surface area contributed by atoms with Crippen LogP contribution in [0.1, 0.15) is 25.1 Å². The zero-order valence-electron chi connectivity index (χ0n) is 20.4. The average Bonchev–Trinajstić information content (AvgIpc) is 3.38. The van der Waals surface area contributed by atoms with Gasteiger partial charge in [-0.25, -0.2) is 14.4 Å². The van der Waals surface area contributed by atoms with Gasteiger partial charge in [-0.1, -0.05) is 6.07 Å². The molecule has 1 aromatic carbocycles. The molecule has 0 N–H and O–H groups in total. The van der Waals surface area contributed by atoms with Crippen molar-refractivity contribution >= 4 is 11.6 Å². The molecule has 0 atom stereocenters. The molecular weight excluding hydrogens is 445 g/mol.